The summed E-state index contributed by atoms with van der Waals surface area (Å²) >= 11 is 24.8. The largest absolute Gasteiger partial charge is 0.486 e. The van der Waals surface area contributed by atoms with Gasteiger partial charge in [-0.15, -0.1) is 0 Å². The topological polar surface area (TPSA) is 62.1 Å². The van der Waals surface area contributed by atoms with Crippen LogP contribution >= 0.6 is 46.4 Å². The SMILES string of the molecule is C[C@@H](NC(=O)/C(C#N)=C\c1cc(Cl)c(OCc2ccc(Cl)cc2Cl)c(Cl)c1)c1ccccc1. The van der Waals surface area contributed by atoms with Crippen molar-refractivity contribution in [2.75, 3.05) is 0 Å². The first-order valence-electron chi connectivity index (χ1n) is 9.82. The van der Waals surface area contributed by atoms with Crippen LogP contribution in [0.5, 0.6) is 5.75 Å². The molecule has 0 aliphatic rings. The second kappa shape index (κ2) is 11.4. The van der Waals surface area contributed by atoms with Gasteiger partial charge in [-0.25, -0.2) is 0 Å². The summed E-state index contributed by atoms with van der Waals surface area (Å²) in [7, 11) is 0. The summed E-state index contributed by atoms with van der Waals surface area (Å²) in [5.74, 6) is -0.235. The summed E-state index contributed by atoms with van der Waals surface area (Å²) in [5, 5.41) is 13.8. The average Bonchev–Trinajstić information content (AvgIpc) is 2.78. The number of nitriles is 1. The van der Waals surface area contributed by atoms with E-state index in [-0.39, 0.29) is 34.0 Å². The Kier molecular flexibility index (Phi) is 8.66. The van der Waals surface area contributed by atoms with Gasteiger partial charge in [-0.2, -0.15) is 5.26 Å². The molecule has 1 atom stereocenters. The number of rotatable bonds is 7. The Bertz CT molecular complexity index is 1210. The molecule has 4 nitrogen and oxygen atoms in total. The third-order valence-electron chi connectivity index (χ3n) is 4.73. The first-order chi connectivity index (χ1) is 15.8. The molecule has 0 radical (unpaired) electrons. The van der Waals surface area contributed by atoms with Crippen molar-refractivity contribution in [3.05, 3.63) is 103 Å². The van der Waals surface area contributed by atoms with Crippen LogP contribution in [-0.4, -0.2) is 5.91 Å². The van der Waals surface area contributed by atoms with Crippen molar-refractivity contribution in [3.63, 3.8) is 0 Å². The third-order valence-corrected chi connectivity index (χ3v) is 5.88. The summed E-state index contributed by atoms with van der Waals surface area (Å²) < 4.78 is 5.75. The van der Waals surface area contributed by atoms with Gasteiger partial charge in [-0.1, -0.05) is 82.8 Å². The van der Waals surface area contributed by atoms with Crippen LogP contribution in [0, 0.1) is 11.3 Å². The molecular weight excluding hydrogens is 502 g/mol. The van der Waals surface area contributed by atoms with Gasteiger partial charge in [0.05, 0.1) is 16.1 Å². The second-order valence-electron chi connectivity index (χ2n) is 7.11. The highest BCUT2D eigenvalue weighted by atomic mass is 35.5. The first kappa shape index (κ1) is 25.0. The lowest BCUT2D eigenvalue weighted by Gasteiger charge is -2.14. The molecule has 0 aliphatic carbocycles. The van der Waals surface area contributed by atoms with E-state index in [2.05, 4.69) is 5.32 Å². The van der Waals surface area contributed by atoms with E-state index in [1.165, 1.54) is 6.08 Å². The first-order valence-corrected chi connectivity index (χ1v) is 11.3. The molecule has 0 unspecified atom stereocenters. The fourth-order valence-electron chi connectivity index (χ4n) is 3.00. The van der Waals surface area contributed by atoms with E-state index in [1.54, 1.807) is 30.3 Å². The fourth-order valence-corrected chi connectivity index (χ4v) is 4.08. The highest BCUT2D eigenvalue weighted by molar-refractivity contribution is 6.37. The van der Waals surface area contributed by atoms with Crippen LogP contribution < -0.4 is 10.1 Å². The van der Waals surface area contributed by atoms with E-state index in [4.69, 9.17) is 51.1 Å². The molecule has 0 saturated carbocycles. The fraction of sp³-hybridized carbons (Fsp3) is 0.120. The van der Waals surface area contributed by atoms with E-state index in [0.29, 0.717) is 21.2 Å². The van der Waals surface area contributed by atoms with Gasteiger partial charge in [-0.05, 0) is 48.4 Å². The lowest BCUT2D eigenvalue weighted by atomic mass is 10.1. The van der Waals surface area contributed by atoms with Crippen molar-refractivity contribution in [3.8, 4) is 11.8 Å². The average molecular weight is 520 g/mol. The number of amides is 1. The van der Waals surface area contributed by atoms with Crippen LogP contribution in [0.25, 0.3) is 6.08 Å². The molecule has 0 fully saturated rings. The van der Waals surface area contributed by atoms with Crippen molar-refractivity contribution in [1.82, 2.24) is 5.32 Å². The minimum absolute atomic E-state index is 0.0773. The zero-order valence-electron chi connectivity index (χ0n) is 17.4. The van der Waals surface area contributed by atoms with Crippen LogP contribution in [0.4, 0.5) is 0 Å². The van der Waals surface area contributed by atoms with Gasteiger partial charge in [0.25, 0.3) is 5.91 Å². The molecule has 3 aromatic carbocycles. The number of ether oxygens (including phenoxy) is 1. The van der Waals surface area contributed by atoms with Gasteiger partial charge in [0.1, 0.15) is 18.2 Å². The van der Waals surface area contributed by atoms with Gasteiger partial charge >= 0.3 is 0 Å². The Morgan fingerprint density at radius 2 is 1.70 bits per heavy atom. The van der Waals surface area contributed by atoms with Crippen molar-refractivity contribution in [1.29, 1.82) is 5.26 Å². The van der Waals surface area contributed by atoms with Gasteiger partial charge in [-0.3, -0.25) is 4.79 Å². The Morgan fingerprint density at radius 3 is 2.30 bits per heavy atom. The van der Waals surface area contributed by atoms with Crippen molar-refractivity contribution in [2.24, 2.45) is 0 Å². The molecule has 0 bridgehead atoms. The monoisotopic (exact) mass is 518 g/mol. The standard InChI is InChI=1S/C25H18Cl4N2O2/c1-15(17-5-3-2-4-6-17)31-25(32)19(13-30)9-16-10-22(28)24(23(29)11-16)33-14-18-7-8-20(26)12-21(18)27/h2-12,15H,14H2,1H3,(H,31,32)/b19-9-/t15-/m1/s1. The maximum atomic E-state index is 12.6. The van der Waals surface area contributed by atoms with Gasteiger partial charge < -0.3 is 10.1 Å². The maximum Gasteiger partial charge on any atom is 0.262 e. The third kappa shape index (κ3) is 6.66. The van der Waals surface area contributed by atoms with E-state index in [9.17, 15) is 10.1 Å². The smallest absolute Gasteiger partial charge is 0.262 e. The number of halogens is 4. The van der Waals surface area contributed by atoms with Crippen LogP contribution in [0.1, 0.15) is 29.7 Å². The Hall–Kier alpha value is -2.68. The Morgan fingerprint density at radius 1 is 1.03 bits per heavy atom. The molecule has 33 heavy (non-hydrogen) atoms. The minimum atomic E-state index is -0.501. The van der Waals surface area contributed by atoms with Crippen LogP contribution in [-0.2, 0) is 11.4 Å². The van der Waals surface area contributed by atoms with Gasteiger partial charge in [0.15, 0.2) is 5.75 Å². The molecule has 0 spiro atoms. The molecule has 0 heterocycles. The number of hydrogen-bond donors (Lipinski definition) is 1. The maximum absolute atomic E-state index is 12.6. The summed E-state index contributed by atoms with van der Waals surface area (Å²) in [6, 6.07) is 19.3. The number of carbonyl (C=O) groups excluding carboxylic acids is 1. The predicted molar refractivity (Wildman–Crippen MR) is 134 cm³/mol. The summed E-state index contributed by atoms with van der Waals surface area (Å²) in [6.07, 6.45) is 1.42. The molecule has 1 amide bonds. The van der Waals surface area contributed by atoms with E-state index in [1.807, 2.05) is 43.3 Å². The van der Waals surface area contributed by atoms with E-state index < -0.39 is 5.91 Å². The van der Waals surface area contributed by atoms with Gasteiger partial charge in [0, 0.05) is 15.6 Å². The highest BCUT2D eigenvalue weighted by Gasteiger charge is 2.16. The molecular formula is C25H18Cl4N2O2. The summed E-state index contributed by atoms with van der Waals surface area (Å²) in [5.41, 5.74) is 2.05. The number of nitrogens with zero attached hydrogens (tertiary/aromatic N) is 1. The molecule has 168 valence electrons. The quantitative estimate of drug-likeness (QED) is 0.257. The molecule has 3 rings (SSSR count). The predicted octanol–water partition coefficient (Wildman–Crippen LogP) is 7.66. The van der Waals surface area contributed by atoms with Crippen LogP contribution in [0.3, 0.4) is 0 Å². The zero-order chi connectivity index (χ0) is 24.0. The lowest BCUT2D eigenvalue weighted by Crippen LogP contribution is -2.27. The van der Waals surface area contributed by atoms with E-state index in [0.717, 1.165) is 5.56 Å². The molecule has 0 saturated heterocycles. The normalized spacial score (nSPS) is 12.1. The van der Waals surface area contributed by atoms with Crippen molar-refractivity contribution < 1.29 is 9.53 Å². The van der Waals surface area contributed by atoms with Crippen LogP contribution in [0.2, 0.25) is 20.1 Å². The van der Waals surface area contributed by atoms with Crippen LogP contribution in [0.15, 0.2) is 66.2 Å². The highest BCUT2D eigenvalue weighted by Crippen LogP contribution is 2.36. The van der Waals surface area contributed by atoms with Gasteiger partial charge in [0.2, 0.25) is 0 Å². The minimum Gasteiger partial charge on any atom is -0.486 e. The van der Waals surface area contributed by atoms with Crippen molar-refractivity contribution >= 4 is 58.4 Å². The zero-order valence-corrected chi connectivity index (χ0v) is 20.4. The summed E-state index contributed by atoms with van der Waals surface area (Å²) in [6.45, 7) is 1.98. The number of nitrogens with one attached hydrogen (secondary N) is 1. The number of hydrogen-bond acceptors (Lipinski definition) is 3. The molecule has 1 N–H and O–H groups in total. The number of carbonyl (C=O) groups is 1. The second-order valence-corrected chi connectivity index (χ2v) is 8.77. The van der Waals surface area contributed by atoms with E-state index >= 15 is 0 Å². The lowest BCUT2D eigenvalue weighted by molar-refractivity contribution is -0.117. The Balaban J connectivity index is 1.75. The molecule has 0 aliphatic heterocycles. The summed E-state index contributed by atoms with van der Waals surface area (Å²) in [4.78, 5) is 12.6. The molecule has 8 heteroatoms. The molecule has 0 aromatic heterocycles. The Labute approximate surface area is 212 Å². The number of benzene rings is 3. The van der Waals surface area contributed by atoms with Crippen molar-refractivity contribution in [2.45, 2.75) is 19.6 Å². The molecule has 3 aromatic rings.